The number of benzene rings is 1. The molecule has 0 amide bonds. The summed E-state index contributed by atoms with van der Waals surface area (Å²) >= 11 is 0. The first-order valence-corrected chi connectivity index (χ1v) is 6.27. The lowest BCUT2D eigenvalue weighted by atomic mass is 10.2. The van der Waals surface area contributed by atoms with Crippen molar-refractivity contribution >= 4 is 35.6 Å². The summed E-state index contributed by atoms with van der Waals surface area (Å²) < 4.78 is 0. The van der Waals surface area contributed by atoms with Crippen LogP contribution in [0.3, 0.4) is 0 Å². The van der Waals surface area contributed by atoms with Gasteiger partial charge in [0, 0.05) is 31.8 Å². The molecule has 0 aliphatic rings. The van der Waals surface area contributed by atoms with E-state index in [9.17, 15) is 10.1 Å². The Labute approximate surface area is 136 Å². The van der Waals surface area contributed by atoms with Crippen molar-refractivity contribution in [1.29, 1.82) is 0 Å². The summed E-state index contributed by atoms with van der Waals surface area (Å²) in [6, 6.07) is 6.83. The van der Waals surface area contributed by atoms with Gasteiger partial charge in [0.05, 0.1) is 4.92 Å². The smallest absolute Gasteiger partial charge is 0.269 e. The molecule has 1 atom stereocenters. The van der Waals surface area contributed by atoms with E-state index in [0.29, 0.717) is 12.6 Å². The van der Waals surface area contributed by atoms with Gasteiger partial charge >= 0.3 is 0 Å². The van der Waals surface area contributed by atoms with Gasteiger partial charge in [0.15, 0.2) is 5.96 Å². The highest BCUT2D eigenvalue weighted by atomic mass is 127. The maximum atomic E-state index is 10.5. The number of hydrogen-bond acceptors (Lipinski definition) is 3. The minimum absolute atomic E-state index is 0. The van der Waals surface area contributed by atoms with E-state index in [2.05, 4.69) is 29.5 Å². The lowest BCUT2D eigenvalue weighted by Crippen LogP contribution is -2.41. The van der Waals surface area contributed by atoms with E-state index in [1.54, 1.807) is 19.2 Å². The predicted octanol–water partition coefficient (Wildman–Crippen LogP) is 2.68. The van der Waals surface area contributed by atoms with Crippen molar-refractivity contribution in [2.45, 2.75) is 32.9 Å². The first kappa shape index (κ1) is 18.6. The molecular weight excluding hydrogens is 371 g/mol. The van der Waals surface area contributed by atoms with Crippen LogP contribution in [-0.2, 0) is 6.54 Å². The molecule has 1 aromatic rings. The van der Waals surface area contributed by atoms with Gasteiger partial charge in [-0.2, -0.15) is 0 Å². The fourth-order valence-electron chi connectivity index (χ4n) is 1.45. The van der Waals surface area contributed by atoms with E-state index >= 15 is 0 Å². The summed E-state index contributed by atoms with van der Waals surface area (Å²) in [4.78, 5) is 14.3. The molecule has 1 unspecified atom stereocenters. The zero-order valence-electron chi connectivity index (χ0n) is 11.9. The van der Waals surface area contributed by atoms with Crippen LogP contribution in [0.1, 0.15) is 25.8 Å². The molecule has 0 spiro atoms. The number of nitrogens with zero attached hydrogens (tertiary/aromatic N) is 2. The molecule has 0 aliphatic heterocycles. The second kappa shape index (κ2) is 9.51. The van der Waals surface area contributed by atoms with Crippen LogP contribution in [0.25, 0.3) is 0 Å². The van der Waals surface area contributed by atoms with Gasteiger partial charge in [-0.15, -0.1) is 24.0 Å². The van der Waals surface area contributed by atoms with Crippen molar-refractivity contribution in [2.24, 2.45) is 4.99 Å². The molecule has 0 saturated carbocycles. The van der Waals surface area contributed by atoms with E-state index in [-0.39, 0.29) is 29.7 Å². The summed E-state index contributed by atoms with van der Waals surface area (Å²) in [6.07, 6.45) is 1.01. The lowest BCUT2D eigenvalue weighted by Gasteiger charge is -2.16. The first-order valence-electron chi connectivity index (χ1n) is 6.27. The Morgan fingerprint density at radius 3 is 2.45 bits per heavy atom. The van der Waals surface area contributed by atoms with E-state index in [4.69, 9.17) is 0 Å². The van der Waals surface area contributed by atoms with Gasteiger partial charge in [-0.05, 0) is 18.9 Å². The summed E-state index contributed by atoms with van der Waals surface area (Å²) in [6.45, 7) is 4.76. The minimum atomic E-state index is -0.402. The van der Waals surface area contributed by atoms with Crippen LogP contribution in [0, 0.1) is 10.1 Å². The maximum Gasteiger partial charge on any atom is 0.269 e. The molecule has 2 N–H and O–H groups in total. The zero-order chi connectivity index (χ0) is 14.3. The Balaban J connectivity index is 0.00000361. The molecule has 6 nitrogen and oxygen atoms in total. The molecule has 0 bridgehead atoms. The molecular formula is C13H21IN4O2. The summed E-state index contributed by atoms with van der Waals surface area (Å²) in [5, 5.41) is 17.0. The normalized spacial score (nSPS) is 12.2. The molecule has 0 heterocycles. The van der Waals surface area contributed by atoms with Crippen molar-refractivity contribution in [3.8, 4) is 0 Å². The van der Waals surface area contributed by atoms with Gasteiger partial charge < -0.3 is 10.6 Å². The van der Waals surface area contributed by atoms with Crippen molar-refractivity contribution in [2.75, 3.05) is 7.05 Å². The number of guanidine groups is 1. The van der Waals surface area contributed by atoms with Crippen molar-refractivity contribution in [3.63, 3.8) is 0 Å². The number of halogens is 1. The third-order valence-corrected chi connectivity index (χ3v) is 2.83. The second-order valence-electron chi connectivity index (χ2n) is 4.30. The van der Waals surface area contributed by atoms with Gasteiger partial charge in [-0.25, -0.2) is 0 Å². The Hall–Kier alpha value is -1.38. The number of rotatable bonds is 5. The highest BCUT2D eigenvalue weighted by Crippen LogP contribution is 2.11. The third kappa shape index (κ3) is 6.18. The number of non-ortho nitro benzene ring substituents is 1. The number of hydrogen-bond donors (Lipinski definition) is 2. The van der Waals surface area contributed by atoms with Gasteiger partial charge in [0.1, 0.15) is 0 Å². The number of aliphatic imine (C=N–C) groups is 1. The predicted molar refractivity (Wildman–Crippen MR) is 91.6 cm³/mol. The van der Waals surface area contributed by atoms with Crippen LogP contribution in [0.5, 0.6) is 0 Å². The Kier molecular flexibility index (Phi) is 8.86. The van der Waals surface area contributed by atoms with Crippen LogP contribution < -0.4 is 10.6 Å². The molecule has 112 valence electrons. The largest absolute Gasteiger partial charge is 0.354 e. The van der Waals surface area contributed by atoms with E-state index in [0.717, 1.165) is 17.9 Å². The highest BCUT2D eigenvalue weighted by molar-refractivity contribution is 14.0. The van der Waals surface area contributed by atoms with E-state index < -0.39 is 4.92 Å². The highest BCUT2D eigenvalue weighted by Gasteiger charge is 2.05. The van der Waals surface area contributed by atoms with Gasteiger partial charge in [0.2, 0.25) is 0 Å². The first-order chi connectivity index (χ1) is 9.06. The van der Waals surface area contributed by atoms with Crippen LogP contribution in [0.15, 0.2) is 29.3 Å². The molecule has 7 heteroatoms. The molecule has 0 aliphatic carbocycles. The maximum absolute atomic E-state index is 10.5. The van der Waals surface area contributed by atoms with E-state index in [1.165, 1.54) is 12.1 Å². The Morgan fingerprint density at radius 1 is 1.40 bits per heavy atom. The van der Waals surface area contributed by atoms with Gasteiger partial charge in [-0.1, -0.05) is 19.1 Å². The standard InChI is InChI=1S/C13H20N4O2.HI/c1-4-10(2)16-13(14-3)15-9-11-5-7-12(8-6-11)17(18)19;/h5-8,10H,4,9H2,1-3H3,(H2,14,15,16);1H. The molecule has 1 aromatic carbocycles. The van der Waals surface area contributed by atoms with Crippen molar-refractivity contribution in [1.82, 2.24) is 10.6 Å². The molecule has 0 aromatic heterocycles. The Morgan fingerprint density at radius 2 is 2.00 bits per heavy atom. The quantitative estimate of drug-likeness (QED) is 0.266. The van der Waals surface area contributed by atoms with Crippen LogP contribution >= 0.6 is 24.0 Å². The lowest BCUT2D eigenvalue weighted by molar-refractivity contribution is -0.384. The van der Waals surface area contributed by atoms with Crippen LogP contribution in [-0.4, -0.2) is 24.0 Å². The van der Waals surface area contributed by atoms with Crippen molar-refractivity contribution in [3.05, 3.63) is 39.9 Å². The van der Waals surface area contributed by atoms with Crippen LogP contribution in [0.2, 0.25) is 0 Å². The minimum Gasteiger partial charge on any atom is -0.354 e. The van der Waals surface area contributed by atoms with Crippen molar-refractivity contribution < 1.29 is 4.92 Å². The molecule has 1 rings (SSSR count). The van der Waals surface area contributed by atoms with Crippen LogP contribution in [0.4, 0.5) is 5.69 Å². The van der Waals surface area contributed by atoms with Gasteiger partial charge in [-0.3, -0.25) is 15.1 Å². The molecule has 0 fully saturated rings. The summed E-state index contributed by atoms with van der Waals surface area (Å²) in [5.41, 5.74) is 1.07. The summed E-state index contributed by atoms with van der Waals surface area (Å²) in [7, 11) is 1.72. The zero-order valence-corrected chi connectivity index (χ0v) is 14.3. The van der Waals surface area contributed by atoms with E-state index in [1.807, 2.05) is 0 Å². The third-order valence-electron chi connectivity index (χ3n) is 2.83. The number of nitro groups is 1. The average Bonchev–Trinajstić information content (AvgIpc) is 2.43. The molecule has 0 radical (unpaired) electrons. The second-order valence-corrected chi connectivity index (χ2v) is 4.30. The average molecular weight is 392 g/mol. The number of nitrogens with one attached hydrogen (secondary N) is 2. The van der Waals surface area contributed by atoms with Gasteiger partial charge in [0.25, 0.3) is 5.69 Å². The molecule has 20 heavy (non-hydrogen) atoms. The monoisotopic (exact) mass is 392 g/mol. The fourth-order valence-corrected chi connectivity index (χ4v) is 1.45. The number of nitro benzene ring substituents is 1. The fraction of sp³-hybridized carbons (Fsp3) is 0.462. The Bertz CT molecular complexity index is 448. The SMILES string of the molecule is CCC(C)NC(=NC)NCc1ccc([N+](=O)[O-])cc1.I. The molecule has 0 saturated heterocycles. The topological polar surface area (TPSA) is 79.6 Å². The summed E-state index contributed by atoms with van der Waals surface area (Å²) in [5.74, 6) is 0.729.